The summed E-state index contributed by atoms with van der Waals surface area (Å²) < 4.78 is 8.62. The second kappa shape index (κ2) is 8.81. The monoisotopic (exact) mass is 423 g/mol. The first-order chi connectivity index (χ1) is 13.8. The maximum Gasteiger partial charge on any atom is 0.332 e. The first-order valence-electron chi connectivity index (χ1n) is 10.3. The fraction of sp³-hybridized carbons (Fsp3) is 0.650. The largest absolute Gasteiger partial charge is 0.370 e. The number of nitrogens with one attached hydrogen (secondary N) is 1. The van der Waals surface area contributed by atoms with E-state index in [1.54, 1.807) is 4.57 Å². The van der Waals surface area contributed by atoms with Crippen LogP contribution in [0, 0.1) is 0 Å². The Hall–Kier alpha value is -1.97. The molecule has 0 spiro atoms. The van der Waals surface area contributed by atoms with Gasteiger partial charge in [0.25, 0.3) is 5.56 Å². The molecule has 3 rings (SSSR count). The molecular weight excluding hydrogens is 392 g/mol. The number of carbonyl (C=O) groups is 1. The molecule has 0 radical (unpaired) electrons. The molecule has 0 saturated heterocycles. The lowest BCUT2D eigenvalue weighted by Gasteiger charge is -2.29. The molecule has 0 bridgehead atoms. The molecule has 1 aliphatic heterocycles. The molecule has 0 atom stereocenters. The standard InChI is InChI=1S/C20H30N4O4S/c1-4-9-23-18-16(13-10-20(2,3)28-12-14(13)29-18)17(26)24(19(23)27)11-15(25)22-8-6-5-7-21/h4-12,21H2,1-3H3,(H,22,25)/p+1. The number of hydrogen-bond donors (Lipinski definition) is 2. The van der Waals surface area contributed by atoms with Gasteiger partial charge in [-0.15, -0.1) is 11.3 Å². The summed E-state index contributed by atoms with van der Waals surface area (Å²) in [5.41, 5.74) is 3.58. The summed E-state index contributed by atoms with van der Waals surface area (Å²) in [4.78, 5) is 40.4. The number of amides is 1. The van der Waals surface area contributed by atoms with Gasteiger partial charge in [-0.1, -0.05) is 6.92 Å². The zero-order valence-electron chi connectivity index (χ0n) is 17.5. The summed E-state index contributed by atoms with van der Waals surface area (Å²) in [6.07, 6.45) is 3.12. The van der Waals surface area contributed by atoms with E-state index in [1.165, 1.54) is 11.3 Å². The Bertz CT molecular complexity index is 1020. The highest BCUT2D eigenvalue weighted by atomic mass is 32.1. The van der Waals surface area contributed by atoms with Crippen molar-refractivity contribution in [1.82, 2.24) is 14.5 Å². The third kappa shape index (κ3) is 4.46. The van der Waals surface area contributed by atoms with Crippen LogP contribution in [-0.2, 0) is 35.6 Å². The van der Waals surface area contributed by atoms with Crippen LogP contribution >= 0.6 is 11.3 Å². The first kappa shape index (κ1) is 21.7. The number of hydrogen-bond acceptors (Lipinski definition) is 5. The third-order valence-corrected chi connectivity index (χ3v) is 6.41. The van der Waals surface area contributed by atoms with E-state index in [2.05, 4.69) is 11.1 Å². The van der Waals surface area contributed by atoms with Crippen molar-refractivity contribution in [3.8, 4) is 0 Å². The molecule has 0 aromatic carbocycles. The van der Waals surface area contributed by atoms with Gasteiger partial charge in [-0.3, -0.25) is 18.7 Å². The van der Waals surface area contributed by atoms with Crippen molar-refractivity contribution in [2.45, 2.75) is 71.8 Å². The second-order valence-corrected chi connectivity index (χ2v) is 9.23. The minimum atomic E-state index is -0.420. The zero-order valence-corrected chi connectivity index (χ0v) is 18.3. The number of aromatic nitrogens is 2. The maximum absolute atomic E-state index is 13.3. The number of nitrogens with zero attached hydrogens (tertiary/aromatic N) is 2. The molecule has 0 saturated carbocycles. The summed E-state index contributed by atoms with van der Waals surface area (Å²) in [6.45, 7) is 8.01. The lowest BCUT2D eigenvalue weighted by Crippen LogP contribution is -2.50. The summed E-state index contributed by atoms with van der Waals surface area (Å²) in [5, 5.41) is 3.37. The zero-order chi connectivity index (χ0) is 21.2. The summed E-state index contributed by atoms with van der Waals surface area (Å²) in [5.74, 6) is -0.316. The van der Waals surface area contributed by atoms with Crippen LogP contribution in [0.5, 0.6) is 0 Å². The number of quaternary nitrogens is 1. The topological polar surface area (TPSA) is 110 Å². The number of fused-ring (bicyclic) bond motifs is 3. The van der Waals surface area contributed by atoms with Crippen molar-refractivity contribution < 1.29 is 15.3 Å². The molecule has 3 heterocycles. The minimum Gasteiger partial charge on any atom is -0.370 e. The first-order valence-corrected chi connectivity index (χ1v) is 11.1. The maximum atomic E-state index is 13.3. The van der Waals surface area contributed by atoms with Crippen LogP contribution in [0.3, 0.4) is 0 Å². The number of carbonyl (C=O) groups excluding carboxylic acids is 1. The van der Waals surface area contributed by atoms with E-state index in [-0.39, 0.29) is 23.6 Å². The quantitative estimate of drug-likeness (QED) is 0.607. The van der Waals surface area contributed by atoms with Crippen LogP contribution in [0.25, 0.3) is 10.2 Å². The number of rotatable bonds is 8. The average molecular weight is 424 g/mol. The Balaban J connectivity index is 2.05. The molecule has 0 aliphatic carbocycles. The van der Waals surface area contributed by atoms with Crippen molar-refractivity contribution >= 4 is 27.5 Å². The van der Waals surface area contributed by atoms with Gasteiger partial charge in [0, 0.05) is 24.4 Å². The summed E-state index contributed by atoms with van der Waals surface area (Å²) in [6, 6.07) is 0. The van der Waals surface area contributed by atoms with Gasteiger partial charge in [0.1, 0.15) is 11.4 Å². The number of unbranched alkanes of at least 4 members (excludes halogenated alkanes) is 1. The van der Waals surface area contributed by atoms with Gasteiger partial charge in [0.05, 0.1) is 24.1 Å². The van der Waals surface area contributed by atoms with Crippen molar-refractivity contribution in [2.24, 2.45) is 0 Å². The Labute approximate surface area is 173 Å². The van der Waals surface area contributed by atoms with Crippen LogP contribution in [-0.4, -0.2) is 33.7 Å². The molecule has 0 fully saturated rings. The van der Waals surface area contributed by atoms with Gasteiger partial charge in [-0.2, -0.15) is 0 Å². The Morgan fingerprint density at radius 3 is 2.72 bits per heavy atom. The molecule has 1 amide bonds. The van der Waals surface area contributed by atoms with E-state index >= 15 is 0 Å². The molecule has 2 aromatic rings. The molecule has 160 valence electrons. The molecule has 4 N–H and O–H groups in total. The molecule has 29 heavy (non-hydrogen) atoms. The van der Waals surface area contributed by atoms with E-state index < -0.39 is 5.69 Å². The van der Waals surface area contributed by atoms with E-state index in [0.29, 0.717) is 36.3 Å². The van der Waals surface area contributed by atoms with Gasteiger partial charge in [0.2, 0.25) is 5.91 Å². The Morgan fingerprint density at radius 1 is 1.28 bits per heavy atom. The van der Waals surface area contributed by atoms with Crippen molar-refractivity contribution in [1.29, 1.82) is 0 Å². The van der Waals surface area contributed by atoms with E-state index in [0.717, 1.165) is 40.8 Å². The van der Waals surface area contributed by atoms with Gasteiger partial charge in [-0.05, 0) is 38.7 Å². The minimum absolute atomic E-state index is 0.258. The molecular formula is C20H31N4O4S+. The fourth-order valence-corrected chi connectivity index (χ4v) is 4.93. The highest BCUT2D eigenvalue weighted by Gasteiger charge is 2.32. The normalized spacial score (nSPS) is 15.4. The fourth-order valence-electron chi connectivity index (χ4n) is 3.69. The lowest BCUT2D eigenvalue weighted by molar-refractivity contribution is -0.368. The molecule has 1 aliphatic rings. The highest BCUT2D eigenvalue weighted by Crippen LogP contribution is 2.37. The van der Waals surface area contributed by atoms with Gasteiger partial charge in [-0.25, -0.2) is 4.79 Å². The van der Waals surface area contributed by atoms with Gasteiger partial charge >= 0.3 is 5.69 Å². The number of thiophene rings is 1. The molecule has 8 nitrogen and oxygen atoms in total. The van der Waals surface area contributed by atoms with Crippen molar-refractivity contribution in [2.75, 3.05) is 13.1 Å². The van der Waals surface area contributed by atoms with Gasteiger partial charge < -0.3 is 15.8 Å². The summed E-state index contributed by atoms with van der Waals surface area (Å²) in [7, 11) is 0. The van der Waals surface area contributed by atoms with E-state index in [9.17, 15) is 14.4 Å². The smallest absolute Gasteiger partial charge is 0.332 e. The van der Waals surface area contributed by atoms with Crippen LogP contribution in [0.4, 0.5) is 0 Å². The van der Waals surface area contributed by atoms with Crippen LogP contribution in [0.15, 0.2) is 9.59 Å². The SMILES string of the molecule is CCCn1c(=O)n(CC(=O)NCCCC[NH3+])c(=O)c2c3c(sc21)COC(C)(C)C3. The Morgan fingerprint density at radius 2 is 2.03 bits per heavy atom. The number of ether oxygens (including phenoxy) is 1. The van der Waals surface area contributed by atoms with E-state index in [1.807, 2.05) is 20.8 Å². The van der Waals surface area contributed by atoms with Crippen molar-refractivity contribution in [3.05, 3.63) is 31.3 Å². The average Bonchev–Trinajstić information content (AvgIpc) is 3.03. The second-order valence-electron chi connectivity index (χ2n) is 8.15. The predicted molar refractivity (Wildman–Crippen MR) is 113 cm³/mol. The third-order valence-electron chi connectivity index (χ3n) is 5.18. The van der Waals surface area contributed by atoms with Crippen molar-refractivity contribution in [3.63, 3.8) is 0 Å². The van der Waals surface area contributed by atoms with E-state index in [4.69, 9.17) is 4.74 Å². The van der Waals surface area contributed by atoms with Crippen LogP contribution < -0.4 is 22.3 Å². The van der Waals surface area contributed by atoms with Crippen LogP contribution in [0.1, 0.15) is 50.5 Å². The predicted octanol–water partition coefficient (Wildman–Crippen LogP) is 0.624. The number of aryl methyl sites for hydroxylation is 1. The van der Waals surface area contributed by atoms with Gasteiger partial charge in [0.15, 0.2) is 0 Å². The van der Waals surface area contributed by atoms with Crippen LogP contribution in [0.2, 0.25) is 0 Å². The molecule has 0 unspecified atom stereocenters. The Kier molecular flexibility index (Phi) is 6.60. The molecule has 2 aromatic heterocycles. The molecule has 9 heteroatoms. The highest BCUT2D eigenvalue weighted by molar-refractivity contribution is 7.18. The summed E-state index contributed by atoms with van der Waals surface area (Å²) >= 11 is 1.46. The lowest BCUT2D eigenvalue weighted by atomic mass is 9.94.